The molecule has 2 aromatic rings. The fourth-order valence-corrected chi connectivity index (χ4v) is 3.82. The minimum atomic E-state index is -4.56. The molecule has 1 fully saturated rings. The predicted octanol–water partition coefficient (Wildman–Crippen LogP) is 4.47. The molecule has 2 heterocycles. The van der Waals surface area contributed by atoms with Gasteiger partial charge < -0.3 is 19.5 Å². The van der Waals surface area contributed by atoms with Gasteiger partial charge in [-0.15, -0.1) is 0 Å². The quantitative estimate of drug-likeness (QED) is 0.815. The van der Waals surface area contributed by atoms with E-state index < -0.39 is 17.2 Å². The van der Waals surface area contributed by atoms with Crippen molar-refractivity contribution in [2.45, 2.75) is 24.4 Å². The predicted molar refractivity (Wildman–Crippen MR) is 98.9 cm³/mol. The zero-order valence-electron chi connectivity index (χ0n) is 15.5. The molecule has 2 aliphatic heterocycles. The molecular weight excluding hydrogens is 385 g/mol. The van der Waals surface area contributed by atoms with Crippen molar-refractivity contribution in [3.8, 4) is 17.6 Å². The number of nitrogens with one attached hydrogen (secondary N) is 1. The Kier molecular flexibility index (Phi) is 5.01. The Morgan fingerprint density at radius 2 is 1.79 bits per heavy atom. The van der Waals surface area contributed by atoms with E-state index in [1.807, 2.05) is 18.2 Å². The maximum Gasteiger partial charge on any atom is 0.418 e. The number of ether oxygens (including phenoxy) is 3. The van der Waals surface area contributed by atoms with E-state index in [4.69, 9.17) is 19.5 Å². The lowest BCUT2D eigenvalue weighted by Gasteiger charge is -2.38. The van der Waals surface area contributed by atoms with Crippen molar-refractivity contribution >= 4 is 5.69 Å². The van der Waals surface area contributed by atoms with Crippen LogP contribution in [0.3, 0.4) is 0 Å². The molecule has 2 aromatic carbocycles. The molecule has 1 saturated heterocycles. The van der Waals surface area contributed by atoms with E-state index in [1.54, 1.807) is 6.07 Å². The lowest BCUT2D eigenvalue weighted by atomic mass is 9.74. The van der Waals surface area contributed by atoms with E-state index in [2.05, 4.69) is 5.32 Å². The Morgan fingerprint density at radius 3 is 2.52 bits per heavy atom. The number of rotatable bonds is 4. The van der Waals surface area contributed by atoms with Crippen LogP contribution >= 0.6 is 0 Å². The molecule has 1 N–H and O–H groups in total. The molecule has 0 saturated carbocycles. The van der Waals surface area contributed by atoms with E-state index >= 15 is 0 Å². The smallest absolute Gasteiger partial charge is 0.418 e. The minimum Gasteiger partial charge on any atom is -0.454 e. The first-order valence-electron chi connectivity index (χ1n) is 9.24. The Balaban J connectivity index is 1.65. The molecule has 0 unspecified atom stereocenters. The van der Waals surface area contributed by atoms with E-state index in [-0.39, 0.29) is 18.0 Å². The Labute approximate surface area is 166 Å². The van der Waals surface area contributed by atoms with Crippen molar-refractivity contribution in [3.63, 3.8) is 0 Å². The van der Waals surface area contributed by atoms with Gasteiger partial charge in [0, 0.05) is 30.9 Å². The summed E-state index contributed by atoms with van der Waals surface area (Å²) in [6, 6.07) is 11.0. The summed E-state index contributed by atoms with van der Waals surface area (Å²) in [5.74, 6) is 1.30. The van der Waals surface area contributed by atoms with Crippen LogP contribution in [0.15, 0.2) is 36.4 Å². The van der Waals surface area contributed by atoms with Crippen LogP contribution in [0.2, 0.25) is 0 Å². The molecule has 29 heavy (non-hydrogen) atoms. The topological polar surface area (TPSA) is 63.5 Å². The Bertz CT molecular complexity index is 947. The van der Waals surface area contributed by atoms with Gasteiger partial charge in [-0.25, -0.2) is 0 Å². The monoisotopic (exact) mass is 404 g/mol. The van der Waals surface area contributed by atoms with E-state index in [1.165, 1.54) is 12.1 Å². The minimum absolute atomic E-state index is 0.0283. The summed E-state index contributed by atoms with van der Waals surface area (Å²) in [5, 5.41) is 11.9. The Hall–Kier alpha value is -2.92. The summed E-state index contributed by atoms with van der Waals surface area (Å²) < 4.78 is 56.8. The Morgan fingerprint density at radius 1 is 1.03 bits per heavy atom. The summed E-state index contributed by atoms with van der Waals surface area (Å²) >= 11 is 0. The second kappa shape index (κ2) is 7.48. The van der Waals surface area contributed by atoms with Crippen LogP contribution in [0.25, 0.3) is 0 Å². The van der Waals surface area contributed by atoms with Gasteiger partial charge in [0.05, 0.1) is 17.2 Å². The maximum atomic E-state index is 13.5. The number of hydrogen-bond acceptors (Lipinski definition) is 5. The molecule has 2 aliphatic rings. The third-order valence-electron chi connectivity index (χ3n) is 5.51. The number of benzene rings is 2. The van der Waals surface area contributed by atoms with E-state index in [0.717, 1.165) is 11.6 Å². The second-order valence-electron chi connectivity index (χ2n) is 7.18. The molecule has 0 atom stereocenters. The number of halogens is 3. The highest BCUT2D eigenvalue weighted by Crippen LogP contribution is 2.42. The number of fused-ring (bicyclic) bond motifs is 1. The summed E-state index contributed by atoms with van der Waals surface area (Å²) in [4.78, 5) is 0. The third-order valence-corrected chi connectivity index (χ3v) is 5.51. The molecule has 0 radical (unpaired) electrons. The van der Waals surface area contributed by atoms with Crippen molar-refractivity contribution < 1.29 is 27.4 Å². The number of alkyl halides is 3. The average Bonchev–Trinajstić information content (AvgIpc) is 3.20. The number of nitrogens with zero attached hydrogens (tertiary/aromatic N) is 1. The van der Waals surface area contributed by atoms with Gasteiger partial charge in [-0.1, -0.05) is 6.07 Å². The average molecular weight is 404 g/mol. The zero-order valence-corrected chi connectivity index (χ0v) is 15.5. The fourth-order valence-electron chi connectivity index (χ4n) is 3.82. The molecule has 152 valence electrons. The lowest BCUT2D eigenvalue weighted by Crippen LogP contribution is -2.40. The number of hydrogen-bond donors (Lipinski definition) is 1. The highest BCUT2D eigenvalue weighted by Gasteiger charge is 2.38. The molecule has 5 nitrogen and oxygen atoms in total. The SMILES string of the molecule is N#Cc1ccc(NCC2(c3ccc4c(c3)OCO4)CCOCC2)c(C(F)(F)F)c1. The van der Waals surface area contributed by atoms with Gasteiger partial charge in [0.25, 0.3) is 0 Å². The first-order chi connectivity index (χ1) is 13.9. The molecule has 0 aromatic heterocycles. The highest BCUT2D eigenvalue weighted by molar-refractivity contribution is 5.57. The van der Waals surface area contributed by atoms with Gasteiger partial charge in [-0.3, -0.25) is 0 Å². The summed E-state index contributed by atoms with van der Waals surface area (Å²) in [6.45, 7) is 1.50. The first kappa shape index (κ1) is 19.4. The van der Waals surface area contributed by atoms with Gasteiger partial charge in [0.2, 0.25) is 6.79 Å². The first-order valence-corrected chi connectivity index (χ1v) is 9.24. The lowest BCUT2D eigenvalue weighted by molar-refractivity contribution is -0.137. The van der Waals surface area contributed by atoms with E-state index in [9.17, 15) is 13.2 Å². The van der Waals surface area contributed by atoms with Crippen molar-refractivity contribution in [2.24, 2.45) is 0 Å². The summed E-state index contributed by atoms with van der Waals surface area (Å²) in [5.41, 5.74) is -0.345. The largest absolute Gasteiger partial charge is 0.454 e. The molecule has 0 amide bonds. The fraction of sp³-hybridized carbons (Fsp3) is 0.381. The normalized spacial score (nSPS) is 17.6. The van der Waals surface area contributed by atoms with Crippen molar-refractivity contribution in [1.29, 1.82) is 5.26 Å². The molecule has 0 aliphatic carbocycles. The van der Waals surface area contributed by atoms with Crippen LogP contribution < -0.4 is 14.8 Å². The molecule has 0 spiro atoms. The van der Waals surface area contributed by atoms with Crippen LogP contribution in [-0.2, 0) is 16.3 Å². The maximum absolute atomic E-state index is 13.5. The van der Waals surface area contributed by atoms with Crippen LogP contribution in [0.5, 0.6) is 11.5 Å². The van der Waals surface area contributed by atoms with Crippen LogP contribution in [-0.4, -0.2) is 26.6 Å². The molecular formula is C21H19F3N2O3. The summed E-state index contributed by atoms with van der Waals surface area (Å²) in [6.07, 6.45) is -3.23. The van der Waals surface area contributed by atoms with Gasteiger partial charge in [0.1, 0.15) is 0 Å². The molecule has 8 heteroatoms. The molecule has 0 bridgehead atoms. The number of nitriles is 1. The highest BCUT2D eigenvalue weighted by atomic mass is 19.4. The second-order valence-corrected chi connectivity index (χ2v) is 7.18. The van der Waals surface area contributed by atoms with Gasteiger partial charge in [-0.05, 0) is 48.7 Å². The van der Waals surface area contributed by atoms with Crippen LogP contribution in [0, 0.1) is 11.3 Å². The van der Waals surface area contributed by atoms with Crippen molar-refractivity contribution in [3.05, 3.63) is 53.1 Å². The van der Waals surface area contributed by atoms with Crippen LogP contribution in [0.1, 0.15) is 29.5 Å². The zero-order chi connectivity index (χ0) is 20.5. The van der Waals surface area contributed by atoms with Gasteiger partial charge in [0.15, 0.2) is 11.5 Å². The van der Waals surface area contributed by atoms with Crippen LogP contribution in [0.4, 0.5) is 18.9 Å². The number of anilines is 1. The van der Waals surface area contributed by atoms with Crippen molar-refractivity contribution in [2.75, 3.05) is 31.9 Å². The third kappa shape index (κ3) is 3.83. The van der Waals surface area contributed by atoms with Gasteiger partial charge in [-0.2, -0.15) is 18.4 Å². The standard InChI is InChI=1S/C21H19F3N2O3/c22-21(23,24)16-9-14(11-25)1-3-17(16)26-12-20(5-7-27-8-6-20)15-2-4-18-19(10-15)29-13-28-18/h1-4,9-10,26H,5-8,12-13H2. The van der Waals surface area contributed by atoms with Crippen molar-refractivity contribution in [1.82, 2.24) is 0 Å². The van der Waals surface area contributed by atoms with Gasteiger partial charge >= 0.3 is 6.18 Å². The van der Waals surface area contributed by atoms with E-state index in [0.29, 0.717) is 44.1 Å². The summed E-state index contributed by atoms with van der Waals surface area (Å²) in [7, 11) is 0. The molecule has 4 rings (SSSR count).